The predicted octanol–water partition coefficient (Wildman–Crippen LogP) is 2.31. The van der Waals surface area contributed by atoms with Gasteiger partial charge in [-0.2, -0.15) is 0 Å². The number of hydrogen-bond acceptors (Lipinski definition) is 3. The summed E-state index contributed by atoms with van der Waals surface area (Å²) in [7, 11) is 2.24. The number of rotatable bonds is 6. The van der Waals surface area contributed by atoms with Crippen LogP contribution in [0.25, 0.3) is 0 Å². The van der Waals surface area contributed by atoms with Crippen LogP contribution in [0.4, 0.5) is 0 Å². The summed E-state index contributed by atoms with van der Waals surface area (Å²) in [6, 6.07) is 1.26. The van der Waals surface area contributed by atoms with Crippen molar-refractivity contribution in [3.63, 3.8) is 0 Å². The Bertz CT molecular complexity index is 226. The Morgan fingerprint density at radius 2 is 1.72 bits per heavy atom. The lowest BCUT2D eigenvalue weighted by atomic mass is 9.86. The summed E-state index contributed by atoms with van der Waals surface area (Å²) in [5.74, 6) is 0. The zero-order valence-electron chi connectivity index (χ0n) is 13.1. The molecule has 1 fully saturated rings. The lowest BCUT2D eigenvalue weighted by Crippen LogP contribution is -2.64. The van der Waals surface area contributed by atoms with Gasteiger partial charge < -0.3 is 5.73 Å². The van der Waals surface area contributed by atoms with Gasteiger partial charge in [0.1, 0.15) is 0 Å². The zero-order valence-corrected chi connectivity index (χ0v) is 13.1. The van der Waals surface area contributed by atoms with E-state index in [1.165, 1.54) is 25.7 Å². The van der Waals surface area contributed by atoms with Crippen LogP contribution < -0.4 is 5.73 Å². The summed E-state index contributed by atoms with van der Waals surface area (Å²) in [5, 5.41) is 0. The Hall–Kier alpha value is -0.120. The highest BCUT2D eigenvalue weighted by atomic mass is 15.3. The Kier molecular flexibility index (Phi) is 6.09. The minimum atomic E-state index is 0.236. The fourth-order valence-electron chi connectivity index (χ4n) is 3.23. The van der Waals surface area contributed by atoms with Gasteiger partial charge in [-0.15, -0.1) is 0 Å². The molecule has 0 aromatic rings. The first-order valence-electron chi connectivity index (χ1n) is 7.67. The Labute approximate surface area is 114 Å². The fraction of sp³-hybridized carbons (Fsp3) is 1.00. The van der Waals surface area contributed by atoms with Crippen LogP contribution in [-0.4, -0.2) is 54.1 Å². The average molecular weight is 255 g/mol. The molecule has 0 aliphatic carbocycles. The molecule has 1 saturated heterocycles. The summed E-state index contributed by atoms with van der Waals surface area (Å²) >= 11 is 0. The molecule has 1 heterocycles. The highest BCUT2D eigenvalue weighted by Crippen LogP contribution is 2.29. The van der Waals surface area contributed by atoms with Gasteiger partial charge in [-0.1, -0.05) is 26.7 Å². The van der Waals surface area contributed by atoms with Crippen LogP contribution in [0.1, 0.15) is 53.4 Å². The summed E-state index contributed by atoms with van der Waals surface area (Å²) in [6.07, 6.45) is 4.98. The van der Waals surface area contributed by atoms with E-state index >= 15 is 0 Å². The van der Waals surface area contributed by atoms with Crippen LogP contribution in [0.2, 0.25) is 0 Å². The molecule has 2 N–H and O–H groups in total. The van der Waals surface area contributed by atoms with Crippen LogP contribution in [0.15, 0.2) is 0 Å². The van der Waals surface area contributed by atoms with Gasteiger partial charge in [0.2, 0.25) is 0 Å². The molecule has 3 heteroatoms. The van der Waals surface area contributed by atoms with Gasteiger partial charge in [-0.05, 0) is 33.7 Å². The molecule has 3 atom stereocenters. The first kappa shape index (κ1) is 15.9. The minimum Gasteiger partial charge on any atom is -0.329 e. The Morgan fingerprint density at radius 1 is 1.17 bits per heavy atom. The van der Waals surface area contributed by atoms with Crippen molar-refractivity contribution in [2.24, 2.45) is 5.73 Å². The molecule has 1 aliphatic heterocycles. The first-order valence-corrected chi connectivity index (χ1v) is 7.67. The normalized spacial score (nSPS) is 30.3. The van der Waals surface area contributed by atoms with Gasteiger partial charge in [-0.3, -0.25) is 9.80 Å². The Morgan fingerprint density at radius 3 is 2.11 bits per heavy atom. The minimum absolute atomic E-state index is 0.236. The van der Waals surface area contributed by atoms with Gasteiger partial charge in [0.05, 0.1) is 0 Å². The van der Waals surface area contributed by atoms with E-state index in [-0.39, 0.29) is 5.54 Å². The second kappa shape index (κ2) is 6.88. The molecular formula is C15H33N3. The number of likely N-dealkylation sites (N-methyl/N-ethyl adjacent to an activating group) is 1. The van der Waals surface area contributed by atoms with Gasteiger partial charge in [0.15, 0.2) is 0 Å². The van der Waals surface area contributed by atoms with Crippen molar-refractivity contribution in [2.75, 3.05) is 26.7 Å². The molecule has 108 valence electrons. The lowest BCUT2D eigenvalue weighted by Gasteiger charge is -2.51. The number of piperazine rings is 1. The topological polar surface area (TPSA) is 32.5 Å². The van der Waals surface area contributed by atoms with Crippen LogP contribution >= 0.6 is 0 Å². The third kappa shape index (κ3) is 3.25. The smallest absolute Gasteiger partial charge is 0.0330 e. The predicted molar refractivity (Wildman–Crippen MR) is 79.9 cm³/mol. The van der Waals surface area contributed by atoms with Crippen LogP contribution in [-0.2, 0) is 0 Å². The van der Waals surface area contributed by atoms with Gasteiger partial charge in [-0.25, -0.2) is 0 Å². The van der Waals surface area contributed by atoms with E-state index in [2.05, 4.69) is 44.5 Å². The molecule has 0 radical (unpaired) electrons. The molecule has 0 bridgehead atoms. The van der Waals surface area contributed by atoms with E-state index in [1.54, 1.807) is 0 Å². The largest absolute Gasteiger partial charge is 0.329 e. The second-order valence-corrected chi connectivity index (χ2v) is 6.15. The van der Waals surface area contributed by atoms with Crippen LogP contribution in [0, 0.1) is 0 Å². The summed E-state index contributed by atoms with van der Waals surface area (Å²) in [5.41, 5.74) is 6.40. The summed E-state index contributed by atoms with van der Waals surface area (Å²) in [4.78, 5) is 5.17. The van der Waals surface area contributed by atoms with E-state index in [0.29, 0.717) is 12.1 Å². The zero-order chi connectivity index (χ0) is 13.8. The molecule has 0 spiro atoms. The van der Waals surface area contributed by atoms with Crippen molar-refractivity contribution >= 4 is 0 Å². The number of unbranched alkanes of at least 4 members (excludes halogenated alkanes) is 1. The van der Waals surface area contributed by atoms with Crippen LogP contribution in [0.3, 0.4) is 0 Å². The SMILES string of the molecule is CCCCC(CC)(CN)N1CC(C)N(C)C(C)C1. The molecule has 0 aromatic carbocycles. The maximum atomic E-state index is 6.16. The number of nitrogens with zero attached hydrogens (tertiary/aromatic N) is 2. The molecule has 3 nitrogen and oxygen atoms in total. The molecule has 18 heavy (non-hydrogen) atoms. The standard InChI is InChI=1S/C15H33N3/c1-6-8-9-15(7-2,12-16)18-10-13(3)17(5)14(4)11-18/h13-14H,6-12,16H2,1-5H3. The molecular weight excluding hydrogens is 222 g/mol. The molecule has 1 rings (SSSR count). The highest BCUT2D eigenvalue weighted by molar-refractivity contribution is 4.96. The lowest BCUT2D eigenvalue weighted by molar-refractivity contribution is -0.0164. The van der Waals surface area contributed by atoms with E-state index in [9.17, 15) is 0 Å². The first-order chi connectivity index (χ1) is 8.50. The highest BCUT2D eigenvalue weighted by Gasteiger charge is 2.38. The van der Waals surface area contributed by atoms with Crippen molar-refractivity contribution in [2.45, 2.75) is 71.0 Å². The fourth-order valence-corrected chi connectivity index (χ4v) is 3.23. The Balaban J connectivity index is 2.79. The maximum absolute atomic E-state index is 6.16. The number of hydrogen-bond donors (Lipinski definition) is 1. The van der Waals surface area contributed by atoms with E-state index < -0.39 is 0 Å². The van der Waals surface area contributed by atoms with Gasteiger partial charge >= 0.3 is 0 Å². The van der Waals surface area contributed by atoms with E-state index in [1.807, 2.05) is 0 Å². The molecule has 1 aliphatic rings. The van der Waals surface area contributed by atoms with E-state index in [0.717, 1.165) is 19.6 Å². The third-order valence-corrected chi connectivity index (χ3v) is 5.06. The van der Waals surface area contributed by atoms with Crippen molar-refractivity contribution < 1.29 is 0 Å². The van der Waals surface area contributed by atoms with Crippen molar-refractivity contribution in [1.29, 1.82) is 0 Å². The van der Waals surface area contributed by atoms with Gasteiger partial charge in [0.25, 0.3) is 0 Å². The molecule has 0 saturated carbocycles. The van der Waals surface area contributed by atoms with Gasteiger partial charge in [0, 0.05) is 37.3 Å². The van der Waals surface area contributed by atoms with Crippen LogP contribution in [0.5, 0.6) is 0 Å². The summed E-state index contributed by atoms with van der Waals surface area (Å²) < 4.78 is 0. The third-order valence-electron chi connectivity index (χ3n) is 5.06. The molecule has 0 aromatic heterocycles. The van der Waals surface area contributed by atoms with Crippen molar-refractivity contribution in [3.05, 3.63) is 0 Å². The monoisotopic (exact) mass is 255 g/mol. The second-order valence-electron chi connectivity index (χ2n) is 6.15. The van der Waals surface area contributed by atoms with Crippen molar-refractivity contribution in [3.8, 4) is 0 Å². The molecule has 0 amide bonds. The summed E-state index contributed by atoms with van der Waals surface area (Å²) in [6.45, 7) is 12.4. The molecule has 3 unspecified atom stereocenters. The van der Waals surface area contributed by atoms with E-state index in [4.69, 9.17) is 5.73 Å². The number of nitrogens with two attached hydrogens (primary N) is 1. The van der Waals surface area contributed by atoms with Crippen molar-refractivity contribution in [1.82, 2.24) is 9.80 Å². The average Bonchev–Trinajstić information content (AvgIpc) is 2.37. The quantitative estimate of drug-likeness (QED) is 0.790. The maximum Gasteiger partial charge on any atom is 0.0330 e.